The van der Waals surface area contributed by atoms with Crippen molar-refractivity contribution in [2.24, 2.45) is 0 Å². The second kappa shape index (κ2) is 80.3. The number of unbranched alkanes of at least 4 members (excludes halogenated alkanes) is 15. The van der Waals surface area contributed by atoms with E-state index in [1.54, 1.807) is 18.5 Å². The fourth-order valence-electron chi connectivity index (χ4n) is 4.98. The van der Waals surface area contributed by atoms with E-state index in [4.69, 9.17) is 48.9 Å². The molecule has 44 nitrogen and oxygen atoms in total. The number of phosphoric ester groups is 11. The average Bonchev–Trinajstić information content (AvgIpc) is 0.900. The summed E-state index contributed by atoms with van der Waals surface area (Å²) in [7, 11) is -17.0. The number of rotatable bonds is 43. The van der Waals surface area contributed by atoms with Gasteiger partial charge in [0.05, 0.1) is 18.5 Å². The summed E-state index contributed by atoms with van der Waals surface area (Å²) in [5.74, 6) is 0. The van der Waals surface area contributed by atoms with Gasteiger partial charge >= 0.3 is 78.2 Å². The molecule has 0 aromatic rings. The van der Waals surface area contributed by atoms with E-state index in [-0.39, 0.29) is 0 Å². The summed E-state index contributed by atoms with van der Waals surface area (Å²) >= 11 is 0. The molecule has 10 N–H and O–H groups in total. The maximum atomic E-state index is 10.1. The predicted octanol–water partition coefficient (Wildman–Crippen LogP) is 13.3. The third-order valence-electron chi connectivity index (χ3n) is 11.2. The monoisotopic (exact) mass is 1770 g/mol. The van der Waals surface area contributed by atoms with Crippen molar-refractivity contribution < 1.29 is 204 Å². The van der Waals surface area contributed by atoms with Crippen LogP contribution in [-0.2, 0) is 150 Å². The fourth-order valence-corrected chi connectivity index (χ4v) is 10.2. The Balaban J connectivity index is -0.0000000921. The van der Waals surface area contributed by atoms with Crippen molar-refractivity contribution in [2.45, 2.75) is 136 Å². The molecule has 103 heavy (non-hydrogen) atoms. The topological polar surface area (TPSA) is 616 Å². The summed E-state index contributed by atoms with van der Waals surface area (Å²) in [6, 6.07) is 0. The summed E-state index contributed by atoms with van der Waals surface area (Å²) in [5.41, 5.74) is 0. The van der Waals surface area contributed by atoms with Crippen molar-refractivity contribution in [3.05, 3.63) is 0 Å². The first kappa shape index (κ1) is 131. The Morgan fingerprint density at radius 3 is 0.369 bits per heavy atom. The van der Waals surface area contributed by atoms with Crippen molar-refractivity contribution in [1.82, 2.24) is 0 Å². The molecular formula is C47H130O44P12. The van der Waals surface area contributed by atoms with Gasteiger partial charge in [0.1, 0.15) is 0 Å². The molecule has 0 radical (unpaired) electrons. The smallest absolute Gasteiger partial charge is 0.471 e. The lowest BCUT2D eigenvalue weighted by atomic mass is 10.1. The first-order valence-corrected chi connectivity index (χ1v) is 48.9. The van der Waals surface area contributed by atoms with Crippen LogP contribution in [0.15, 0.2) is 0 Å². The molecule has 0 bridgehead atoms. The highest BCUT2D eigenvalue weighted by atomic mass is 31.2. The van der Waals surface area contributed by atoms with Crippen LogP contribution < -0.4 is 4.89 Å². The molecule has 642 valence electrons. The van der Waals surface area contributed by atoms with Crippen LogP contribution in [-0.4, -0.2) is 231 Å². The molecule has 0 aliphatic heterocycles. The molecular weight excluding hydrogens is 1640 g/mol. The van der Waals surface area contributed by atoms with Crippen molar-refractivity contribution in [2.75, 3.05) is 182 Å². The molecule has 0 saturated carbocycles. The maximum Gasteiger partial charge on any atom is 0.471 e. The molecule has 0 unspecified atom stereocenters. The van der Waals surface area contributed by atoms with Gasteiger partial charge in [-0.25, -0.2) is 45.7 Å². The molecule has 0 fully saturated rings. The van der Waals surface area contributed by atoms with Gasteiger partial charge in [0, 0.05) is 170 Å². The third-order valence-corrected chi connectivity index (χ3v) is 25.5. The SMILES string of the molecule is CCCCCCCC[P+](C)(CCCCCCCC)CCCCCCCC.COP(=O)(O)OC.COP(=O)(O)OC.COP(=O)(O)OC.COP(=O)(O)OC.COP(=O)(O)OC.COP(=O)(O)OC.COP(=O)(O)OC.COP(=O)(O)OC.COP(=O)(O)OC.COP(=O)(O)OC.COP(=O)([O-])OC. The van der Waals surface area contributed by atoms with Crippen LogP contribution in [0.1, 0.15) is 136 Å². The van der Waals surface area contributed by atoms with Gasteiger partial charge in [-0.05, 0) is 38.5 Å². The van der Waals surface area contributed by atoms with Gasteiger partial charge in [0.2, 0.25) is 0 Å². The Hall–Kier alpha value is 1.64. The van der Waals surface area contributed by atoms with E-state index < -0.39 is 93.3 Å². The van der Waals surface area contributed by atoms with Gasteiger partial charge in [-0.2, -0.15) is 0 Å². The van der Waals surface area contributed by atoms with Crippen LogP contribution in [0, 0.1) is 0 Å². The molecule has 0 spiro atoms. The Labute approximate surface area is 612 Å². The average molecular weight is 1770 g/mol. The van der Waals surface area contributed by atoms with E-state index in [1.165, 1.54) is 116 Å². The third kappa shape index (κ3) is 120. The largest absolute Gasteiger partial charge is 0.756 e. The van der Waals surface area contributed by atoms with E-state index in [0.717, 1.165) is 156 Å². The normalized spacial score (nSPS) is 11.9. The summed E-state index contributed by atoms with van der Waals surface area (Å²) < 4.78 is 198. The Kier molecular flexibility index (Phi) is 102. The lowest BCUT2D eigenvalue weighted by molar-refractivity contribution is -0.220. The highest BCUT2D eigenvalue weighted by Gasteiger charge is 2.30. The molecule has 0 saturated heterocycles. The molecule has 0 atom stereocenters. The first-order valence-electron chi connectivity index (χ1n) is 29.7. The van der Waals surface area contributed by atoms with Crippen LogP contribution in [0.4, 0.5) is 0 Å². The number of hydrogen-bond acceptors (Lipinski definition) is 34. The molecule has 0 aliphatic carbocycles. The zero-order valence-electron chi connectivity index (χ0n) is 64.6. The van der Waals surface area contributed by atoms with E-state index in [1.807, 2.05) is 0 Å². The van der Waals surface area contributed by atoms with Gasteiger partial charge in [-0.1, -0.05) is 97.8 Å². The summed E-state index contributed by atoms with van der Waals surface area (Å²) in [6.45, 7) is 9.70. The fraction of sp³-hybridized carbons (Fsp3) is 1.00. The van der Waals surface area contributed by atoms with E-state index >= 15 is 0 Å². The minimum atomic E-state index is -3.90. The lowest BCUT2D eigenvalue weighted by Crippen LogP contribution is -2.08. The molecule has 0 rings (SSSR count). The summed E-state index contributed by atoms with van der Waals surface area (Å²) in [5, 5.41) is 0. The molecule has 56 heteroatoms. The predicted molar refractivity (Wildman–Crippen MR) is 388 cm³/mol. The molecule has 0 heterocycles. The maximum absolute atomic E-state index is 10.1. The van der Waals surface area contributed by atoms with Gasteiger partial charge in [-0.3, -0.25) is 95.0 Å². The van der Waals surface area contributed by atoms with Crippen molar-refractivity contribution in [3.8, 4) is 0 Å². The minimum absolute atomic E-state index is 0.636. The molecule has 0 aromatic carbocycles. The van der Waals surface area contributed by atoms with Crippen LogP contribution in [0.2, 0.25) is 0 Å². The molecule has 0 aliphatic rings. The lowest BCUT2D eigenvalue weighted by Gasteiger charge is -2.24. The van der Waals surface area contributed by atoms with Crippen LogP contribution >= 0.6 is 93.3 Å². The number of phosphoric acid groups is 11. The zero-order chi connectivity index (χ0) is 84.4. The van der Waals surface area contributed by atoms with Gasteiger partial charge in [-0.15, -0.1) is 0 Å². The Morgan fingerprint density at radius 1 is 0.204 bits per heavy atom. The van der Waals surface area contributed by atoms with Crippen molar-refractivity contribution in [3.63, 3.8) is 0 Å². The number of hydrogen-bond donors (Lipinski definition) is 10. The molecule has 0 aromatic heterocycles. The standard InChI is InChI=1S/C25H54P.11C2H7O4P/c1-5-8-11-14-17-20-23-26(4,24-21-18-15-12-9-6-2)25-22-19-16-13-10-7-3;11*1-5-7(3,4)6-2/h5-25H2,1-4H3;11*1-2H3,(H,3,4)/q+1;;;;;;;;;;;/p-1. The van der Waals surface area contributed by atoms with E-state index in [2.05, 4.69) is 127 Å². The summed E-state index contributed by atoms with van der Waals surface area (Å²) in [4.78, 5) is 92.4. The van der Waals surface area contributed by atoms with Crippen LogP contribution in [0.3, 0.4) is 0 Å². The zero-order valence-corrected chi connectivity index (χ0v) is 75.3. The van der Waals surface area contributed by atoms with Gasteiger partial charge in [0.25, 0.3) is 7.82 Å². The highest BCUT2D eigenvalue weighted by molar-refractivity contribution is 7.75. The Morgan fingerprint density at radius 2 is 0.301 bits per heavy atom. The second-order valence-corrected chi connectivity index (χ2v) is 41.1. The Bertz CT molecular complexity index is 1820. The quantitative estimate of drug-likeness (QED) is 0.0200. The van der Waals surface area contributed by atoms with Crippen LogP contribution in [0.25, 0.3) is 0 Å². The van der Waals surface area contributed by atoms with Gasteiger partial charge in [0.15, 0.2) is 0 Å². The summed E-state index contributed by atoms with van der Waals surface area (Å²) in [6.07, 6.45) is 31.2. The highest BCUT2D eigenvalue weighted by Crippen LogP contribution is 2.57. The van der Waals surface area contributed by atoms with E-state index in [0.29, 0.717) is 0 Å². The minimum Gasteiger partial charge on any atom is -0.756 e. The van der Waals surface area contributed by atoms with Crippen molar-refractivity contribution >= 4 is 93.3 Å². The second-order valence-electron chi connectivity index (χ2n) is 18.2. The van der Waals surface area contributed by atoms with Gasteiger partial charge < -0.3 is 62.9 Å². The van der Waals surface area contributed by atoms with Crippen molar-refractivity contribution in [1.29, 1.82) is 0 Å². The van der Waals surface area contributed by atoms with E-state index in [9.17, 15) is 55.1 Å². The van der Waals surface area contributed by atoms with Crippen LogP contribution in [0.5, 0.6) is 0 Å². The molecule has 0 amide bonds. The first-order chi connectivity index (χ1) is 47.0.